The van der Waals surface area contributed by atoms with Gasteiger partial charge in [0, 0.05) is 26.0 Å². The first-order chi connectivity index (χ1) is 7.58. The maximum absolute atomic E-state index is 11.8. The summed E-state index contributed by atoms with van der Waals surface area (Å²) in [6.07, 6.45) is 4.96. The minimum Gasteiger partial charge on any atom is -0.359 e. The summed E-state index contributed by atoms with van der Waals surface area (Å²) in [5.41, 5.74) is 5.41. The third-order valence-electron chi connectivity index (χ3n) is 3.14. The molecule has 1 rings (SSSR count). The smallest absolute Gasteiger partial charge is 0.293 e. The summed E-state index contributed by atoms with van der Waals surface area (Å²) in [5.74, 6) is 0.374. The van der Waals surface area contributed by atoms with Crippen molar-refractivity contribution < 1.29 is 0 Å². The highest BCUT2D eigenvalue weighted by molar-refractivity contribution is 5.35. The normalized spacial score (nSPS) is 11.5. The molecule has 0 aromatic carbocycles. The Morgan fingerprint density at radius 3 is 2.62 bits per heavy atom. The summed E-state index contributed by atoms with van der Waals surface area (Å²) in [7, 11) is 1.71. The molecule has 0 spiro atoms. The predicted octanol–water partition coefficient (Wildman–Crippen LogP) is 0.710. The number of anilines is 1. The number of nitrogens with zero attached hydrogens (tertiary/aromatic N) is 2. The van der Waals surface area contributed by atoms with E-state index in [-0.39, 0.29) is 11.1 Å². The molecule has 5 heteroatoms. The minimum absolute atomic E-state index is 0.123. The number of rotatable bonds is 5. The van der Waals surface area contributed by atoms with Gasteiger partial charge >= 0.3 is 0 Å². The summed E-state index contributed by atoms with van der Waals surface area (Å²) < 4.78 is 1.50. The van der Waals surface area contributed by atoms with Gasteiger partial charge in [0.2, 0.25) is 0 Å². The summed E-state index contributed by atoms with van der Waals surface area (Å²) in [6, 6.07) is 0. The predicted molar refractivity (Wildman–Crippen MR) is 65.5 cm³/mol. The summed E-state index contributed by atoms with van der Waals surface area (Å²) in [4.78, 5) is 15.9. The second kappa shape index (κ2) is 5.12. The van der Waals surface area contributed by atoms with Crippen LogP contribution in [0.2, 0.25) is 0 Å². The molecular weight excluding hydrogens is 204 g/mol. The molecule has 16 heavy (non-hydrogen) atoms. The zero-order chi connectivity index (χ0) is 12.2. The van der Waals surface area contributed by atoms with Gasteiger partial charge in [-0.25, -0.2) is 4.98 Å². The highest BCUT2D eigenvalue weighted by Crippen LogP contribution is 2.17. The Labute approximate surface area is 95.7 Å². The SMILES string of the molecule is CCC(CC)(CN)Nc1nccn(C)c1=O. The molecule has 0 bridgehead atoms. The molecule has 0 radical (unpaired) electrons. The van der Waals surface area contributed by atoms with Crippen molar-refractivity contribution in [3.63, 3.8) is 0 Å². The van der Waals surface area contributed by atoms with E-state index in [9.17, 15) is 4.79 Å². The molecule has 1 aromatic rings. The van der Waals surface area contributed by atoms with E-state index in [1.165, 1.54) is 4.57 Å². The number of hydrogen-bond donors (Lipinski definition) is 2. The van der Waals surface area contributed by atoms with Crippen LogP contribution in [0.1, 0.15) is 26.7 Å². The first-order valence-corrected chi connectivity index (χ1v) is 5.58. The van der Waals surface area contributed by atoms with Crippen molar-refractivity contribution in [1.29, 1.82) is 0 Å². The third-order valence-corrected chi connectivity index (χ3v) is 3.14. The van der Waals surface area contributed by atoms with E-state index in [1.807, 2.05) is 0 Å². The van der Waals surface area contributed by atoms with Crippen LogP contribution in [-0.4, -0.2) is 21.6 Å². The molecule has 0 amide bonds. The van der Waals surface area contributed by atoms with Gasteiger partial charge in [-0.2, -0.15) is 0 Å². The van der Waals surface area contributed by atoms with Crippen LogP contribution in [0.5, 0.6) is 0 Å². The van der Waals surface area contributed by atoms with Crippen molar-refractivity contribution in [3.8, 4) is 0 Å². The average molecular weight is 224 g/mol. The largest absolute Gasteiger partial charge is 0.359 e. The van der Waals surface area contributed by atoms with Crippen LogP contribution < -0.4 is 16.6 Å². The number of aryl methyl sites for hydroxylation is 1. The summed E-state index contributed by atoms with van der Waals surface area (Å²) in [6.45, 7) is 4.59. The lowest BCUT2D eigenvalue weighted by Crippen LogP contribution is -2.46. The molecule has 3 N–H and O–H groups in total. The van der Waals surface area contributed by atoms with Crippen LogP contribution in [-0.2, 0) is 7.05 Å². The zero-order valence-corrected chi connectivity index (χ0v) is 10.2. The molecular formula is C11H20N4O. The second-order valence-electron chi connectivity index (χ2n) is 4.01. The molecule has 0 saturated heterocycles. The van der Waals surface area contributed by atoms with Crippen molar-refractivity contribution in [2.24, 2.45) is 12.8 Å². The lowest BCUT2D eigenvalue weighted by atomic mass is 9.93. The van der Waals surface area contributed by atoms with Gasteiger partial charge in [-0.05, 0) is 12.8 Å². The first-order valence-electron chi connectivity index (χ1n) is 5.58. The van der Waals surface area contributed by atoms with E-state index in [0.717, 1.165) is 12.8 Å². The maximum Gasteiger partial charge on any atom is 0.293 e. The Balaban J connectivity index is 3.03. The second-order valence-corrected chi connectivity index (χ2v) is 4.01. The molecule has 0 fully saturated rings. The topological polar surface area (TPSA) is 72.9 Å². The van der Waals surface area contributed by atoms with Crippen LogP contribution in [0.25, 0.3) is 0 Å². The summed E-state index contributed by atoms with van der Waals surface area (Å²) in [5, 5.41) is 3.18. The highest BCUT2D eigenvalue weighted by Gasteiger charge is 2.25. The van der Waals surface area contributed by atoms with E-state index in [1.54, 1.807) is 19.4 Å². The average Bonchev–Trinajstić information content (AvgIpc) is 2.32. The molecule has 0 aliphatic rings. The number of nitrogens with two attached hydrogens (primary N) is 1. The Kier molecular flexibility index (Phi) is 4.06. The lowest BCUT2D eigenvalue weighted by Gasteiger charge is -2.31. The van der Waals surface area contributed by atoms with Gasteiger partial charge in [-0.3, -0.25) is 4.79 Å². The van der Waals surface area contributed by atoms with Gasteiger partial charge in [0.25, 0.3) is 5.56 Å². The molecule has 5 nitrogen and oxygen atoms in total. The van der Waals surface area contributed by atoms with E-state index in [0.29, 0.717) is 12.4 Å². The van der Waals surface area contributed by atoms with Crippen molar-refractivity contribution in [1.82, 2.24) is 9.55 Å². The van der Waals surface area contributed by atoms with Gasteiger partial charge in [0.05, 0.1) is 5.54 Å². The standard InChI is InChI=1S/C11H20N4O/c1-4-11(5-2,8-12)14-9-10(16)15(3)7-6-13-9/h6-7H,4-5,8,12H2,1-3H3,(H,13,14). The minimum atomic E-state index is -0.236. The monoisotopic (exact) mass is 224 g/mol. The Morgan fingerprint density at radius 2 is 2.12 bits per heavy atom. The maximum atomic E-state index is 11.8. The van der Waals surface area contributed by atoms with Crippen molar-refractivity contribution in [2.45, 2.75) is 32.2 Å². The number of hydrogen-bond acceptors (Lipinski definition) is 4. The highest BCUT2D eigenvalue weighted by atomic mass is 16.1. The van der Waals surface area contributed by atoms with Gasteiger partial charge in [-0.1, -0.05) is 13.8 Å². The molecule has 90 valence electrons. The van der Waals surface area contributed by atoms with Crippen LogP contribution in [0.15, 0.2) is 17.2 Å². The van der Waals surface area contributed by atoms with Gasteiger partial charge in [0.15, 0.2) is 5.82 Å². The van der Waals surface area contributed by atoms with Crippen molar-refractivity contribution >= 4 is 5.82 Å². The molecule has 1 aromatic heterocycles. The first kappa shape index (κ1) is 12.7. The van der Waals surface area contributed by atoms with Crippen molar-refractivity contribution in [3.05, 3.63) is 22.7 Å². The zero-order valence-electron chi connectivity index (χ0n) is 10.2. The quantitative estimate of drug-likeness (QED) is 0.772. The molecule has 0 saturated carbocycles. The van der Waals surface area contributed by atoms with Crippen LogP contribution in [0, 0.1) is 0 Å². The Morgan fingerprint density at radius 1 is 1.50 bits per heavy atom. The fraction of sp³-hybridized carbons (Fsp3) is 0.636. The molecule has 1 heterocycles. The lowest BCUT2D eigenvalue weighted by molar-refractivity contribution is 0.442. The van der Waals surface area contributed by atoms with Crippen LogP contribution in [0.4, 0.5) is 5.82 Å². The Bertz CT molecular complexity index is 387. The number of nitrogens with one attached hydrogen (secondary N) is 1. The summed E-state index contributed by atoms with van der Waals surface area (Å²) >= 11 is 0. The third kappa shape index (κ3) is 2.41. The van der Waals surface area contributed by atoms with E-state index in [4.69, 9.17) is 5.73 Å². The molecule has 0 atom stereocenters. The van der Waals surface area contributed by atoms with E-state index >= 15 is 0 Å². The van der Waals surface area contributed by atoms with Crippen molar-refractivity contribution in [2.75, 3.05) is 11.9 Å². The van der Waals surface area contributed by atoms with Crippen LogP contribution in [0.3, 0.4) is 0 Å². The molecule has 0 aliphatic carbocycles. The molecule has 0 aliphatic heterocycles. The van der Waals surface area contributed by atoms with E-state index < -0.39 is 0 Å². The number of aromatic nitrogens is 2. The van der Waals surface area contributed by atoms with Gasteiger partial charge in [0.1, 0.15) is 0 Å². The van der Waals surface area contributed by atoms with E-state index in [2.05, 4.69) is 24.1 Å². The Hall–Kier alpha value is -1.36. The van der Waals surface area contributed by atoms with Crippen LogP contribution >= 0.6 is 0 Å². The molecule has 0 unspecified atom stereocenters. The van der Waals surface area contributed by atoms with Gasteiger partial charge in [-0.15, -0.1) is 0 Å². The fourth-order valence-corrected chi connectivity index (χ4v) is 1.60. The van der Waals surface area contributed by atoms with Gasteiger partial charge < -0.3 is 15.6 Å². The fourth-order valence-electron chi connectivity index (χ4n) is 1.60.